The third-order valence-electron chi connectivity index (χ3n) is 3.70. The van der Waals surface area contributed by atoms with Crippen LogP contribution in [0.4, 0.5) is 0 Å². The van der Waals surface area contributed by atoms with Crippen LogP contribution in [0.2, 0.25) is 0 Å². The van der Waals surface area contributed by atoms with Crippen molar-refractivity contribution in [2.75, 3.05) is 0 Å². The van der Waals surface area contributed by atoms with Gasteiger partial charge in [-0.15, -0.1) is 0 Å². The van der Waals surface area contributed by atoms with Crippen LogP contribution in [-0.4, -0.2) is 67.0 Å². The first-order valence-corrected chi connectivity index (χ1v) is 6.89. The van der Waals surface area contributed by atoms with Crippen LogP contribution >= 0.6 is 0 Å². The van der Waals surface area contributed by atoms with E-state index in [0.717, 1.165) is 0 Å². The molecule has 0 heterocycles. The first kappa shape index (κ1) is 22.3. The number of carbonyl (C=O) groups is 5. The van der Waals surface area contributed by atoms with Gasteiger partial charge in [0.1, 0.15) is 5.41 Å². The van der Waals surface area contributed by atoms with Crippen LogP contribution in [0.5, 0.6) is 0 Å². The molecular weight excluding hydrogens is 344 g/mol. The fourth-order valence-corrected chi connectivity index (χ4v) is 2.62. The molecule has 0 aliphatic carbocycles. The molecule has 0 aliphatic heterocycles. The lowest BCUT2D eigenvalue weighted by molar-refractivity contribution is -0.163. The molecule has 0 fully saturated rings. The maximum absolute atomic E-state index is 11.6. The van der Waals surface area contributed by atoms with Gasteiger partial charge in [-0.05, 0) is 6.42 Å². The second-order valence-electron chi connectivity index (χ2n) is 5.92. The summed E-state index contributed by atoms with van der Waals surface area (Å²) in [5, 5.41) is 44.9. The minimum atomic E-state index is -2.49. The highest BCUT2D eigenvalue weighted by Crippen LogP contribution is 2.35. The van der Waals surface area contributed by atoms with Crippen molar-refractivity contribution in [1.82, 2.24) is 0 Å². The number of hydrogen-bond acceptors (Lipinski definition) is 7. The summed E-state index contributed by atoms with van der Waals surface area (Å²) in [7, 11) is 0. The molecule has 0 aromatic heterocycles. The highest BCUT2D eigenvalue weighted by molar-refractivity contribution is 5.87. The zero-order valence-corrected chi connectivity index (χ0v) is 13.0. The Bertz CT molecular complexity index is 541. The molecule has 0 aromatic carbocycles. The fourth-order valence-electron chi connectivity index (χ4n) is 2.62. The monoisotopic (exact) mass is 364 g/mol. The Balaban J connectivity index is 5.87. The molecule has 0 bridgehead atoms. The Kier molecular flexibility index (Phi) is 7.48. The summed E-state index contributed by atoms with van der Waals surface area (Å²) in [5.74, 6) is -8.06. The molecule has 1 unspecified atom stereocenters. The van der Waals surface area contributed by atoms with E-state index in [0.29, 0.717) is 0 Å². The van der Waals surface area contributed by atoms with E-state index in [2.05, 4.69) is 0 Å². The van der Waals surface area contributed by atoms with Crippen molar-refractivity contribution < 1.29 is 49.5 Å². The number of rotatable bonds is 12. The zero-order chi connectivity index (χ0) is 20.0. The van der Waals surface area contributed by atoms with Gasteiger partial charge in [0, 0.05) is 11.6 Å². The Morgan fingerprint density at radius 1 is 0.720 bits per heavy atom. The normalized spacial score (nSPS) is 13.0. The second-order valence-corrected chi connectivity index (χ2v) is 5.92. The topological polar surface area (TPSA) is 239 Å². The van der Waals surface area contributed by atoms with E-state index < -0.39 is 78.9 Å². The van der Waals surface area contributed by atoms with Crippen molar-refractivity contribution in [3.05, 3.63) is 0 Å². The van der Waals surface area contributed by atoms with Crippen molar-refractivity contribution in [1.29, 1.82) is 0 Å². The lowest BCUT2D eigenvalue weighted by atomic mass is 9.69. The second kappa shape index (κ2) is 8.39. The third-order valence-corrected chi connectivity index (χ3v) is 3.70. The minimum Gasteiger partial charge on any atom is -0.481 e. The first-order valence-electron chi connectivity index (χ1n) is 6.89. The number of nitrogens with two attached hydrogens (primary N) is 2. The van der Waals surface area contributed by atoms with Gasteiger partial charge in [-0.3, -0.25) is 24.0 Å². The smallest absolute Gasteiger partial charge is 0.312 e. The van der Waals surface area contributed by atoms with Crippen molar-refractivity contribution in [2.24, 2.45) is 16.9 Å². The SMILES string of the molecule is NC(CC(N)(CC(=O)O)CC(=O)O)C(CC(=O)O)(CC(=O)O)C(=O)O. The number of hydrogen-bond donors (Lipinski definition) is 7. The molecule has 0 radical (unpaired) electrons. The molecule has 12 nitrogen and oxygen atoms in total. The van der Waals surface area contributed by atoms with Gasteiger partial charge in [0.25, 0.3) is 0 Å². The van der Waals surface area contributed by atoms with E-state index in [4.69, 9.17) is 31.9 Å². The van der Waals surface area contributed by atoms with Crippen LogP contribution in [0.1, 0.15) is 32.1 Å². The Hall–Kier alpha value is -2.73. The molecule has 25 heavy (non-hydrogen) atoms. The maximum atomic E-state index is 11.6. The first-order chi connectivity index (χ1) is 11.2. The summed E-state index contributed by atoms with van der Waals surface area (Å²) < 4.78 is 0. The summed E-state index contributed by atoms with van der Waals surface area (Å²) in [6.07, 6.45) is -4.82. The van der Waals surface area contributed by atoms with Gasteiger partial charge in [-0.1, -0.05) is 0 Å². The number of carboxylic acids is 5. The standard InChI is InChI=1S/C13H20N2O10/c14-6(1-12(15,2-7(16)17)3-8(18)19)13(11(24)25,4-9(20)21)5-10(22)23/h6H,1-5,14-15H2,(H,16,17)(H,18,19)(H,20,21)(H,22,23)(H,24,25). The highest BCUT2D eigenvalue weighted by Gasteiger charge is 2.50. The molecular formula is C13H20N2O10. The van der Waals surface area contributed by atoms with Gasteiger partial charge >= 0.3 is 29.8 Å². The average Bonchev–Trinajstić information content (AvgIpc) is 2.33. The predicted octanol–water partition coefficient (Wildman–Crippen LogP) is -1.63. The van der Waals surface area contributed by atoms with Crippen LogP contribution in [0.25, 0.3) is 0 Å². The average molecular weight is 364 g/mol. The van der Waals surface area contributed by atoms with Gasteiger partial charge in [0.05, 0.1) is 25.7 Å². The Labute approximate surface area is 141 Å². The summed E-state index contributed by atoms with van der Waals surface area (Å²) in [6.45, 7) is 0. The van der Waals surface area contributed by atoms with E-state index in [1.165, 1.54) is 0 Å². The van der Waals surface area contributed by atoms with Gasteiger partial charge in [0.15, 0.2) is 0 Å². The van der Waals surface area contributed by atoms with Gasteiger partial charge in [0.2, 0.25) is 0 Å². The lowest BCUT2D eigenvalue weighted by Crippen LogP contribution is -2.56. The molecule has 0 aliphatic rings. The van der Waals surface area contributed by atoms with E-state index in [1.54, 1.807) is 0 Å². The number of aliphatic carboxylic acids is 5. The molecule has 0 spiro atoms. The Morgan fingerprint density at radius 2 is 1.04 bits per heavy atom. The Morgan fingerprint density at radius 3 is 1.28 bits per heavy atom. The molecule has 0 amide bonds. The van der Waals surface area contributed by atoms with E-state index >= 15 is 0 Å². The quantitative estimate of drug-likeness (QED) is 0.206. The van der Waals surface area contributed by atoms with Crippen LogP contribution in [0.3, 0.4) is 0 Å². The molecule has 1 atom stereocenters. The van der Waals surface area contributed by atoms with Gasteiger partial charge < -0.3 is 37.0 Å². The minimum absolute atomic E-state index is 0.724. The van der Waals surface area contributed by atoms with Crippen LogP contribution in [-0.2, 0) is 24.0 Å². The molecule has 0 saturated carbocycles. The fraction of sp³-hybridized carbons (Fsp3) is 0.615. The molecule has 0 aromatic rings. The summed E-state index contributed by atoms with van der Waals surface area (Å²) in [5.41, 5.74) is 6.97. The molecule has 0 saturated heterocycles. The highest BCUT2D eigenvalue weighted by atomic mass is 16.4. The molecule has 9 N–H and O–H groups in total. The molecule has 12 heteroatoms. The van der Waals surface area contributed by atoms with E-state index in [1.807, 2.05) is 0 Å². The van der Waals surface area contributed by atoms with Crippen LogP contribution < -0.4 is 11.5 Å². The van der Waals surface area contributed by atoms with Crippen LogP contribution in [0, 0.1) is 5.41 Å². The van der Waals surface area contributed by atoms with Crippen molar-refractivity contribution in [2.45, 2.75) is 43.7 Å². The largest absolute Gasteiger partial charge is 0.481 e. The van der Waals surface area contributed by atoms with Gasteiger partial charge in [-0.25, -0.2) is 0 Å². The number of carboxylic acid groups (broad SMARTS) is 5. The van der Waals surface area contributed by atoms with E-state index in [9.17, 15) is 29.1 Å². The third kappa shape index (κ3) is 6.73. The molecule has 0 rings (SSSR count). The summed E-state index contributed by atoms with van der Waals surface area (Å²) >= 11 is 0. The van der Waals surface area contributed by atoms with Crippen molar-refractivity contribution in [3.8, 4) is 0 Å². The van der Waals surface area contributed by atoms with Crippen molar-refractivity contribution in [3.63, 3.8) is 0 Å². The van der Waals surface area contributed by atoms with Crippen molar-refractivity contribution >= 4 is 29.8 Å². The molecule has 142 valence electrons. The van der Waals surface area contributed by atoms with Gasteiger partial charge in [-0.2, -0.15) is 0 Å². The van der Waals surface area contributed by atoms with Crippen LogP contribution in [0.15, 0.2) is 0 Å². The lowest BCUT2D eigenvalue weighted by Gasteiger charge is -2.37. The maximum Gasteiger partial charge on any atom is 0.312 e. The predicted molar refractivity (Wildman–Crippen MR) is 78.6 cm³/mol. The van der Waals surface area contributed by atoms with E-state index in [-0.39, 0.29) is 0 Å². The summed E-state index contributed by atoms with van der Waals surface area (Å²) in [6, 6.07) is -1.72. The zero-order valence-electron chi connectivity index (χ0n) is 13.0. The summed E-state index contributed by atoms with van der Waals surface area (Å²) in [4.78, 5) is 55.4.